The van der Waals surface area contributed by atoms with Crippen LogP contribution in [0.5, 0.6) is 0 Å². The number of hydrogen-bond donors (Lipinski definition) is 3. The second-order valence-electron chi connectivity index (χ2n) is 6.61. The van der Waals surface area contributed by atoms with Crippen LogP contribution in [0.2, 0.25) is 0 Å². The fraction of sp³-hybridized carbons (Fsp3) is 0.211. The Balaban J connectivity index is 1.53. The van der Waals surface area contributed by atoms with Crippen molar-refractivity contribution in [3.05, 3.63) is 83.3 Å². The molecular weight excluding hydrogens is 362 g/mol. The van der Waals surface area contributed by atoms with Crippen molar-refractivity contribution in [1.82, 2.24) is 19.7 Å². The summed E-state index contributed by atoms with van der Waals surface area (Å²) in [5, 5.41) is 3.44. The molecule has 27 heavy (non-hydrogen) atoms. The van der Waals surface area contributed by atoms with Crippen molar-refractivity contribution < 1.29 is 8.42 Å². The van der Waals surface area contributed by atoms with Crippen LogP contribution < -0.4 is 11.2 Å². The lowest BCUT2D eigenvalue weighted by Gasteiger charge is -2.17. The van der Waals surface area contributed by atoms with Gasteiger partial charge in [0.15, 0.2) is 5.03 Å². The van der Waals surface area contributed by atoms with Gasteiger partial charge in [0.25, 0.3) is 10.0 Å². The minimum absolute atomic E-state index is 0.0839. The van der Waals surface area contributed by atoms with Crippen LogP contribution in [0.1, 0.15) is 28.3 Å². The quantitative estimate of drug-likeness (QED) is 0.445. The molecule has 2 aromatic carbocycles. The molecule has 0 radical (unpaired) electrons. The predicted molar refractivity (Wildman–Crippen MR) is 102 cm³/mol. The summed E-state index contributed by atoms with van der Waals surface area (Å²) in [6.07, 6.45) is 3.52. The molecule has 140 valence electrons. The van der Waals surface area contributed by atoms with E-state index in [0.29, 0.717) is 0 Å². The van der Waals surface area contributed by atoms with Crippen molar-refractivity contribution in [1.29, 1.82) is 0 Å². The fourth-order valence-corrected chi connectivity index (χ4v) is 4.34. The summed E-state index contributed by atoms with van der Waals surface area (Å²) in [5.74, 6) is 5.85. The van der Waals surface area contributed by atoms with Crippen LogP contribution in [0.15, 0.2) is 66.1 Å². The minimum Gasteiger partial charge on any atom is -0.350 e. The molecule has 0 aliphatic carbocycles. The number of aromatic nitrogens is 2. The minimum atomic E-state index is -3.82. The van der Waals surface area contributed by atoms with Crippen molar-refractivity contribution in [2.24, 2.45) is 5.84 Å². The number of hydrazine groups is 1. The Hall–Kier alpha value is -2.52. The number of rotatable bonds is 6. The van der Waals surface area contributed by atoms with Gasteiger partial charge in [-0.25, -0.2) is 13.4 Å². The number of hydrogen-bond acceptors (Lipinski definition) is 5. The highest BCUT2D eigenvalue weighted by Crippen LogP contribution is 2.29. The molecular formula is C19H21N5O2S. The highest BCUT2D eigenvalue weighted by atomic mass is 32.2. The molecule has 4 rings (SSSR count). The second-order valence-corrected chi connectivity index (χ2v) is 8.45. The monoisotopic (exact) mass is 383 g/mol. The Kier molecular flexibility index (Phi) is 4.79. The zero-order valence-electron chi connectivity index (χ0n) is 14.7. The van der Waals surface area contributed by atoms with E-state index < -0.39 is 10.0 Å². The predicted octanol–water partition coefficient (Wildman–Crippen LogP) is 1.86. The van der Waals surface area contributed by atoms with Crippen molar-refractivity contribution >= 4 is 10.0 Å². The molecule has 1 aromatic heterocycles. The summed E-state index contributed by atoms with van der Waals surface area (Å²) in [5.41, 5.74) is 4.53. The molecule has 3 aromatic rings. The van der Waals surface area contributed by atoms with E-state index in [1.807, 2.05) is 36.4 Å². The molecule has 0 bridgehead atoms. The fourth-order valence-electron chi connectivity index (χ4n) is 3.38. The lowest BCUT2D eigenvalue weighted by molar-refractivity contribution is 0.419. The van der Waals surface area contributed by atoms with Crippen molar-refractivity contribution in [2.75, 3.05) is 0 Å². The molecule has 1 unspecified atom stereocenters. The van der Waals surface area contributed by atoms with E-state index in [1.165, 1.54) is 29.2 Å². The van der Waals surface area contributed by atoms with E-state index in [1.54, 1.807) is 0 Å². The Morgan fingerprint density at radius 1 is 1.15 bits per heavy atom. The number of sulfonamides is 1. The van der Waals surface area contributed by atoms with E-state index in [9.17, 15) is 8.42 Å². The highest BCUT2D eigenvalue weighted by Gasteiger charge is 2.26. The van der Waals surface area contributed by atoms with Gasteiger partial charge < -0.3 is 10.3 Å². The van der Waals surface area contributed by atoms with Crippen LogP contribution in [-0.2, 0) is 29.5 Å². The van der Waals surface area contributed by atoms with Crippen LogP contribution in [0.3, 0.4) is 0 Å². The van der Waals surface area contributed by atoms with Gasteiger partial charge in [-0.2, -0.15) is 0 Å². The van der Waals surface area contributed by atoms with Gasteiger partial charge in [0, 0.05) is 18.8 Å². The van der Waals surface area contributed by atoms with E-state index in [0.717, 1.165) is 22.9 Å². The normalized spacial score (nSPS) is 16.6. The molecule has 0 spiro atoms. The van der Waals surface area contributed by atoms with Crippen molar-refractivity contribution in [3.63, 3.8) is 0 Å². The van der Waals surface area contributed by atoms with Gasteiger partial charge in [0.05, 0.1) is 12.9 Å². The largest absolute Gasteiger partial charge is 0.350 e. The van der Waals surface area contributed by atoms with E-state index >= 15 is 0 Å². The number of nitrogens with one attached hydrogen (secondary N) is 2. The summed E-state index contributed by atoms with van der Waals surface area (Å²) >= 11 is 0. The van der Waals surface area contributed by atoms with Gasteiger partial charge in [-0.05, 0) is 28.7 Å². The number of nitrogens with two attached hydrogens (primary N) is 1. The van der Waals surface area contributed by atoms with E-state index in [2.05, 4.69) is 27.4 Å². The van der Waals surface area contributed by atoms with Crippen molar-refractivity contribution in [3.8, 4) is 0 Å². The first-order valence-corrected chi connectivity index (χ1v) is 10.1. The molecule has 2 heterocycles. The first-order chi connectivity index (χ1) is 13.0. The molecule has 4 N–H and O–H groups in total. The molecule has 8 heteroatoms. The maximum atomic E-state index is 12.4. The van der Waals surface area contributed by atoms with Crippen LogP contribution in [-0.4, -0.2) is 22.8 Å². The molecule has 0 saturated heterocycles. The number of H-pyrrole nitrogens is 1. The Labute approximate surface area is 158 Å². The van der Waals surface area contributed by atoms with Crippen LogP contribution >= 0.6 is 0 Å². The second kappa shape index (κ2) is 7.24. The van der Waals surface area contributed by atoms with Gasteiger partial charge >= 0.3 is 0 Å². The third kappa shape index (κ3) is 3.65. The molecule has 7 nitrogen and oxygen atoms in total. The first kappa shape index (κ1) is 17.9. The summed E-state index contributed by atoms with van der Waals surface area (Å²) in [6, 6.07) is 16.5. The van der Waals surface area contributed by atoms with Crippen molar-refractivity contribution in [2.45, 2.75) is 30.6 Å². The van der Waals surface area contributed by atoms with Gasteiger partial charge in [-0.15, -0.1) is 4.41 Å². The SMILES string of the molecule is NN(Cc1ccc2c(c1)C(Cc1ccccc1)NC2)S(=O)(=O)c1c[nH]cn1. The standard InChI is InChI=1S/C19H21N5O2S/c20-24(27(25,26)19-11-21-13-23-19)12-15-6-7-16-10-22-18(17(16)8-15)9-14-4-2-1-3-5-14/h1-8,11,13,18,22H,9-10,12,20H2,(H,21,23). The number of fused-ring (bicyclic) bond motifs is 1. The number of imidazole rings is 1. The van der Waals surface area contributed by atoms with E-state index in [-0.39, 0.29) is 17.6 Å². The number of nitrogens with zero attached hydrogens (tertiary/aromatic N) is 2. The van der Waals surface area contributed by atoms with E-state index in [4.69, 9.17) is 5.84 Å². The maximum absolute atomic E-state index is 12.4. The maximum Gasteiger partial charge on any atom is 0.274 e. The summed E-state index contributed by atoms with van der Waals surface area (Å²) in [7, 11) is -3.82. The zero-order valence-corrected chi connectivity index (χ0v) is 15.5. The molecule has 1 atom stereocenters. The van der Waals surface area contributed by atoms with Crippen LogP contribution in [0, 0.1) is 0 Å². The lowest BCUT2D eigenvalue weighted by atomic mass is 9.97. The smallest absolute Gasteiger partial charge is 0.274 e. The Morgan fingerprint density at radius 2 is 1.96 bits per heavy atom. The molecule has 0 saturated carbocycles. The van der Waals surface area contributed by atoms with Gasteiger partial charge in [-0.3, -0.25) is 5.84 Å². The third-order valence-corrected chi connectivity index (χ3v) is 6.29. The zero-order chi connectivity index (χ0) is 18.9. The number of benzene rings is 2. The lowest BCUT2D eigenvalue weighted by Crippen LogP contribution is -2.37. The number of aromatic amines is 1. The summed E-state index contributed by atoms with van der Waals surface area (Å²) in [4.78, 5) is 6.43. The molecule has 1 aliphatic heterocycles. The third-order valence-electron chi connectivity index (χ3n) is 4.79. The Morgan fingerprint density at radius 3 is 2.70 bits per heavy atom. The van der Waals surface area contributed by atoms with Gasteiger partial charge in [-0.1, -0.05) is 48.5 Å². The average Bonchev–Trinajstić information content (AvgIpc) is 3.33. The topological polar surface area (TPSA) is 104 Å². The Bertz CT molecular complexity index is 1020. The molecule has 0 amide bonds. The average molecular weight is 383 g/mol. The highest BCUT2D eigenvalue weighted by molar-refractivity contribution is 7.89. The van der Waals surface area contributed by atoms with Gasteiger partial charge in [0.2, 0.25) is 0 Å². The van der Waals surface area contributed by atoms with Crippen LogP contribution in [0.25, 0.3) is 0 Å². The van der Waals surface area contributed by atoms with Gasteiger partial charge in [0.1, 0.15) is 0 Å². The van der Waals surface area contributed by atoms with Crippen LogP contribution in [0.4, 0.5) is 0 Å². The molecule has 1 aliphatic rings. The summed E-state index contributed by atoms with van der Waals surface area (Å²) in [6.45, 7) is 0.894. The first-order valence-electron chi connectivity index (χ1n) is 8.69. The summed E-state index contributed by atoms with van der Waals surface area (Å²) < 4.78 is 25.7. The molecule has 0 fully saturated rings.